The number of nitrogens with zero attached hydrogens (tertiary/aromatic N) is 1. The SMILES string of the molecule is C=C1CC(c2nccs2)CC(=O)/C1=C\CC(C)(C)C. The number of hydrogen-bond donors (Lipinski definition) is 0. The summed E-state index contributed by atoms with van der Waals surface area (Å²) in [6.07, 6.45) is 6.22. The molecule has 1 unspecified atom stereocenters. The zero-order valence-corrected chi connectivity index (χ0v) is 12.7. The lowest BCUT2D eigenvalue weighted by atomic mass is 9.80. The predicted octanol–water partition coefficient (Wildman–Crippen LogP) is 4.51. The summed E-state index contributed by atoms with van der Waals surface area (Å²) in [6, 6.07) is 0. The van der Waals surface area contributed by atoms with Crippen LogP contribution in [0.25, 0.3) is 0 Å². The van der Waals surface area contributed by atoms with E-state index in [1.165, 1.54) is 0 Å². The van der Waals surface area contributed by atoms with E-state index in [1.54, 1.807) is 17.5 Å². The Morgan fingerprint density at radius 1 is 1.47 bits per heavy atom. The van der Waals surface area contributed by atoms with E-state index in [4.69, 9.17) is 0 Å². The third-order valence-corrected chi connectivity index (χ3v) is 4.26. The minimum absolute atomic E-state index is 0.208. The fourth-order valence-electron chi connectivity index (χ4n) is 2.29. The second-order valence-corrected chi connectivity index (χ2v) is 7.31. The minimum Gasteiger partial charge on any atom is -0.294 e. The van der Waals surface area contributed by atoms with Crippen molar-refractivity contribution in [2.75, 3.05) is 0 Å². The number of carbonyl (C=O) groups excluding carboxylic acids is 1. The molecule has 2 nitrogen and oxygen atoms in total. The first-order valence-electron chi connectivity index (χ1n) is 6.68. The molecule has 0 bridgehead atoms. The molecule has 1 saturated carbocycles. The van der Waals surface area contributed by atoms with Gasteiger partial charge in [0.25, 0.3) is 0 Å². The van der Waals surface area contributed by atoms with Gasteiger partial charge >= 0.3 is 0 Å². The number of allylic oxidation sites excluding steroid dienone is 3. The summed E-state index contributed by atoms with van der Waals surface area (Å²) in [7, 11) is 0. The molecule has 0 amide bonds. The summed E-state index contributed by atoms with van der Waals surface area (Å²) >= 11 is 1.63. The zero-order chi connectivity index (χ0) is 14.0. The van der Waals surface area contributed by atoms with Crippen molar-refractivity contribution in [3.8, 4) is 0 Å². The van der Waals surface area contributed by atoms with Crippen molar-refractivity contribution < 1.29 is 4.79 Å². The molecule has 3 heteroatoms. The maximum atomic E-state index is 12.3. The number of thiazole rings is 1. The Bertz CT molecular complexity index is 485. The molecule has 2 rings (SSSR count). The standard InChI is InChI=1S/C16H21NOS/c1-11-9-12(15-17-7-8-19-15)10-14(18)13(11)5-6-16(2,3)4/h5,7-8,12H,1,6,9-10H2,2-4H3/b13-5-. The molecule has 1 aliphatic rings. The number of carbonyl (C=O) groups is 1. The quantitative estimate of drug-likeness (QED) is 0.743. The van der Waals surface area contributed by atoms with E-state index >= 15 is 0 Å². The van der Waals surface area contributed by atoms with E-state index in [-0.39, 0.29) is 17.1 Å². The van der Waals surface area contributed by atoms with Gasteiger partial charge in [-0.3, -0.25) is 4.79 Å². The first-order valence-corrected chi connectivity index (χ1v) is 7.56. The molecule has 1 heterocycles. The average Bonchev–Trinajstić information content (AvgIpc) is 2.79. The fourth-order valence-corrected chi connectivity index (χ4v) is 3.03. The van der Waals surface area contributed by atoms with Gasteiger partial charge in [-0.05, 0) is 23.8 Å². The smallest absolute Gasteiger partial charge is 0.163 e. The van der Waals surface area contributed by atoms with Crippen LogP contribution < -0.4 is 0 Å². The molecule has 0 aliphatic heterocycles. The van der Waals surface area contributed by atoms with Gasteiger partial charge in [0.2, 0.25) is 0 Å². The Morgan fingerprint density at radius 3 is 2.74 bits per heavy atom. The molecule has 1 fully saturated rings. The number of hydrogen-bond acceptors (Lipinski definition) is 3. The highest BCUT2D eigenvalue weighted by molar-refractivity contribution is 7.09. The number of ketones is 1. The van der Waals surface area contributed by atoms with Gasteiger partial charge in [0.05, 0.1) is 5.01 Å². The highest BCUT2D eigenvalue weighted by Crippen LogP contribution is 2.37. The van der Waals surface area contributed by atoms with Crippen molar-refractivity contribution in [1.29, 1.82) is 0 Å². The molecular weight excluding hydrogens is 254 g/mol. The predicted molar refractivity (Wildman–Crippen MR) is 80.4 cm³/mol. The van der Waals surface area contributed by atoms with Gasteiger partial charge in [-0.15, -0.1) is 11.3 Å². The molecule has 19 heavy (non-hydrogen) atoms. The summed E-state index contributed by atoms with van der Waals surface area (Å²) in [5.41, 5.74) is 2.03. The third kappa shape index (κ3) is 3.63. The lowest BCUT2D eigenvalue weighted by molar-refractivity contribution is -0.116. The van der Waals surface area contributed by atoms with Gasteiger partial charge in [-0.25, -0.2) is 4.98 Å². The van der Waals surface area contributed by atoms with Gasteiger partial charge in [0.15, 0.2) is 5.78 Å². The highest BCUT2D eigenvalue weighted by atomic mass is 32.1. The van der Waals surface area contributed by atoms with Gasteiger partial charge in [0.1, 0.15) is 0 Å². The van der Waals surface area contributed by atoms with Gasteiger partial charge in [0, 0.05) is 29.5 Å². The van der Waals surface area contributed by atoms with Crippen LogP contribution in [0, 0.1) is 5.41 Å². The second-order valence-electron chi connectivity index (χ2n) is 6.38. The number of aromatic nitrogens is 1. The van der Waals surface area contributed by atoms with Crippen molar-refractivity contribution in [2.45, 2.75) is 46.0 Å². The van der Waals surface area contributed by atoms with Crippen LogP contribution in [-0.4, -0.2) is 10.8 Å². The summed E-state index contributed by atoms with van der Waals surface area (Å²) < 4.78 is 0. The summed E-state index contributed by atoms with van der Waals surface area (Å²) in [5.74, 6) is 0.451. The van der Waals surface area contributed by atoms with Crippen molar-refractivity contribution >= 4 is 17.1 Å². The number of Topliss-reactive ketones (excluding diaryl/α,β-unsaturated/α-hetero) is 1. The topological polar surface area (TPSA) is 30.0 Å². The van der Waals surface area contributed by atoms with E-state index in [2.05, 4.69) is 38.4 Å². The van der Waals surface area contributed by atoms with E-state index in [0.717, 1.165) is 29.0 Å². The summed E-state index contributed by atoms with van der Waals surface area (Å²) in [6.45, 7) is 10.6. The van der Waals surface area contributed by atoms with Gasteiger partial charge < -0.3 is 0 Å². The number of rotatable bonds is 2. The van der Waals surface area contributed by atoms with Crippen LogP contribution in [0.4, 0.5) is 0 Å². The lowest BCUT2D eigenvalue weighted by Gasteiger charge is -2.24. The van der Waals surface area contributed by atoms with Crippen LogP contribution in [0.5, 0.6) is 0 Å². The highest BCUT2D eigenvalue weighted by Gasteiger charge is 2.29. The minimum atomic E-state index is 0.208. The van der Waals surface area contributed by atoms with Crippen molar-refractivity contribution in [3.05, 3.63) is 40.4 Å². The van der Waals surface area contributed by atoms with Crippen LogP contribution in [0.15, 0.2) is 35.4 Å². The Morgan fingerprint density at radius 2 is 2.21 bits per heavy atom. The zero-order valence-electron chi connectivity index (χ0n) is 11.9. The molecule has 0 radical (unpaired) electrons. The van der Waals surface area contributed by atoms with Gasteiger partial charge in [-0.2, -0.15) is 0 Å². The molecule has 1 aromatic rings. The molecule has 1 aromatic heterocycles. The van der Waals surface area contributed by atoms with E-state index < -0.39 is 0 Å². The molecule has 0 aromatic carbocycles. The largest absolute Gasteiger partial charge is 0.294 e. The molecule has 0 saturated heterocycles. The van der Waals surface area contributed by atoms with E-state index in [9.17, 15) is 4.79 Å². The third-order valence-electron chi connectivity index (χ3n) is 3.33. The second kappa shape index (κ2) is 5.41. The Balaban J connectivity index is 2.12. The Hall–Kier alpha value is -1.22. The van der Waals surface area contributed by atoms with E-state index in [1.807, 2.05) is 5.38 Å². The molecule has 0 N–H and O–H groups in total. The van der Waals surface area contributed by atoms with Crippen LogP contribution in [0.2, 0.25) is 0 Å². The monoisotopic (exact) mass is 275 g/mol. The van der Waals surface area contributed by atoms with Crippen molar-refractivity contribution in [2.24, 2.45) is 5.41 Å². The molecular formula is C16H21NOS. The summed E-state index contributed by atoms with van der Waals surface area (Å²) in [4.78, 5) is 16.6. The normalized spacial score (nSPS) is 23.1. The molecule has 102 valence electrons. The van der Waals surface area contributed by atoms with Gasteiger partial charge in [-0.1, -0.05) is 33.4 Å². The van der Waals surface area contributed by atoms with E-state index in [0.29, 0.717) is 6.42 Å². The molecule has 1 aliphatic carbocycles. The Kier molecular flexibility index (Phi) is 4.04. The van der Waals surface area contributed by atoms with Crippen molar-refractivity contribution in [3.63, 3.8) is 0 Å². The van der Waals surface area contributed by atoms with Crippen LogP contribution in [0.1, 0.15) is 51.0 Å². The maximum absolute atomic E-state index is 12.3. The molecule has 0 spiro atoms. The van der Waals surface area contributed by atoms with Crippen LogP contribution in [0.3, 0.4) is 0 Å². The fraction of sp³-hybridized carbons (Fsp3) is 0.500. The lowest BCUT2D eigenvalue weighted by Crippen LogP contribution is -2.19. The first-order chi connectivity index (χ1) is 8.87. The average molecular weight is 275 g/mol. The van der Waals surface area contributed by atoms with Crippen LogP contribution in [-0.2, 0) is 4.79 Å². The Labute approximate surface area is 119 Å². The van der Waals surface area contributed by atoms with Crippen LogP contribution >= 0.6 is 11.3 Å². The maximum Gasteiger partial charge on any atom is 0.163 e. The van der Waals surface area contributed by atoms with Crippen molar-refractivity contribution in [1.82, 2.24) is 4.98 Å². The molecule has 1 atom stereocenters. The first kappa shape index (κ1) is 14.2. The summed E-state index contributed by atoms with van der Waals surface area (Å²) in [5, 5.41) is 3.03.